The van der Waals surface area contributed by atoms with Crippen LogP contribution in [0.25, 0.3) is 0 Å². The summed E-state index contributed by atoms with van der Waals surface area (Å²) in [7, 11) is -3.40. The highest BCUT2D eigenvalue weighted by molar-refractivity contribution is 7.89. The Balaban J connectivity index is 2.14. The topological polar surface area (TPSA) is 37.4 Å². The number of rotatable bonds is 9. The van der Waals surface area contributed by atoms with Crippen LogP contribution < -0.4 is 0 Å². The molecule has 140 valence electrons. The summed E-state index contributed by atoms with van der Waals surface area (Å²) in [6.07, 6.45) is 12.2. The fraction of sp³-hybridized carbons (Fsp3) is 0.619. The third kappa shape index (κ3) is 5.18. The van der Waals surface area contributed by atoms with Gasteiger partial charge in [-0.05, 0) is 44.7 Å². The summed E-state index contributed by atoms with van der Waals surface area (Å²) in [5, 5.41) is 0. The fourth-order valence-electron chi connectivity index (χ4n) is 3.78. The third-order valence-corrected chi connectivity index (χ3v) is 7.16. The molecule has 1 aromatic carbocycles. The van der Waals surface area contributed by atoms with Gasteiger partial charge in [-0.2, -0.15) is 4.31 Å². The number of benzene rings is 1. The van der Waals surface area contributed by atoms with Crippen molar-refractivity contribution in [2.45, 2.75) is 76.7 Å². The van der Waals surface area contributed by atoms with E-state index in [-0.39, 0.29) is 6.04 Å². The lowest BCUT2D eigenvalue weighted by atomic mass is 9.95. The van der Waals surface area contributed by atoms with Crippen LogP contribution in [0.3, 0.4) is 0 Å². The van der Waals surface area contributed by atoms with Crippen molar-refractivity contribution in [2.24, 2.45) is 5.92 Å². The van der Waals surface area contributed by atoms with Crippen molar-refractivity contribution in [3.63, 3.8) is 0 Å². The molecule has 25 heavy (non-hydrogen) atoms. The summed E-state index contributed by atoms with van der Waals surface area (Å²) in [4.78, 5) is 0.426. The summed E-state index contributed by atoms with van der Waals surface area (Å²) in [5.41, 5.74) is 1.08. The fourth-order valence-corrected chi connectivity index (χ4v) is 5.49. The molecule has 0 radical (unpaired) electrons. The number of aryl methyl sites for hydroxylation is 1. The summed E-state index contributed by atoms with van der Waals surface area (Å²) < 4.78 is 28.1. The average Bonchev–Trinajstić information content (AvgIpc) is 2.99. The number of allylic oxidation sites excluding steroid dienone is 1. The molecular formula is C21H33NO2S. The molecule has 0 N–H and O–H groups in total. The summed E-state index contributed by atoms with van der Waals surface area (Å²) in [6.45, 7) is 6.85. The van der Waals surface area contributed by atoms with Crippen LogP contribution >= 0.6 is 0 Å². The standard InChI is InChI=1S/C21H33NO2S/c1-4-6-7-8-9-11-21-19(10-5-2)16-17-22(21)25(23,24)20-14-12-18(3)13-15-20/h5,10,12-15,19,21H,4,6-9,11,16-17H2,1-3H3/b10-5+/t19-,21+/m1/s1. The van der Waals surface area contributed by atoms with Crippen LogP contribution in [0.1, 0.15) is 64.4 Å². The molecule has 2 atom stereocenters. The van der Waals surface area contributed by atoms with Crippen molar-refractivity contribution in [1.29, 1.82) is 0 Å². The van der Waals surface area contributed by atoms with Gasteiger partial charge < -0.3 is 0 Å². The van der Waals surface area contributed by atoms with Gasteiger partial charge in [0.25, 0.3) is 0 Å². The zero-order chi connectivity index (χ0) is 18.3. The van der Waals surface area contributed by atoms with Gasteiger partial charge in [-0.25, -0.2) is 8.42 Å². The van der Waals surface area contributed by atoms with Gasteiger partial charge >= 0.3 is 0 Å². The highest BCUT2D eigenvalue weighted by Crippen LogP contribution is 2.34. The van der Waals surface area contributed by atoms with Crippen molar-refractivity contribution in [1.82, 2.24) is 4.31 Å². The second kappa shape index (κ2) is 9.54. The predicted octanol–water partition coefficient (Wildman–Crippen LogP) is 5.31. The molecule has 3 nitrogen and oxygen atoms in total. The molecule has 0 aliphatic carbocycles. The highest BCUT2D eigenvalue weighted by atomic mass is 32.2. The zero-order valence-electron chi connectivity index (χ0n) is 15.9. The third-order valence-electron chi connectivity index (χ3n) is 5.22. The second-order valence-electron chi connectivity index (χ2n) is 7.18. The smallest absolute Gasteiger partial charge is 0.207 e. The van der Waals surface area contributed by atoms with Gasteiger partial charge in [-0.15, -0.1) is 0 Å². The van der Waals surface area contributed by atoms with Crippen LogP contribution in [-0.2, 0) is 10.0 Å². The van der Waals surface area contributed by atoms with Crippen LogP contribution in [0, 0.1) is 12.8 Å². The van der Waals surface area contributed by atoms with Crippen LogP contribution in [0.4, 0.5) is 0 Å². The Morgan fingerprint density at radius 2 is 1.80 bits per heavy atom. The molecule has 0 aromatic heterocycles. The van der Waals surface area contributed by atoms with E-state index < -0.39 is 10.0 Å². The minimum atomic E-state index is -3.40. The van der Waals surface area contributed by atoms with Gasteiger partial charge in [0.1, 0.15) is 0 Å². The van der Waals surface area contributed by atoms with E-state index >= 15 is 0 Å². The number of unbranched alkanes of at least 4 members (excludes halogenated alkanes) is 4. The van der Waals surface area contributed by atoms with E-state index in [1.54, 1.807) is 16.4 Å². The van der Waals surface area contributed by atoms with Crippen LogP contribution in [0.15, 0.2) is 41.3 Å². The quantitative estimate of drug-likeness (QED) is 0.440. The summed E-state index contributed by atoms with van der Waals surface area (Å²) in [6, 6.07) is 7.35. The molecule has 1 saturated heterocycles. The maximum atomic E-state index is 13.1. The predicted molar refractivity (Wildman–Crippen MR) is 105 cm³/mol. The summed E-state index contributed by atoms with van der Waals surface area (Å²) in [5.74, 6) is 0.344. The van der Waals surface area contributed by atoms with Gasteiger partial charge in [-0.1, -0.05) is 68.9 Å². The van der Waals surface area contributed by atoms with E-state index in [1.165, 1.54) is 25.7 Å². The Hall–Kier alpha value is -1.13. The van der Waals surface area contributed by atoms with Crippen LogP contribution in [-0.4, -0.2) is 25.3 Å². The summed E-state index contributed by atoms with van der Waals surface area (Å²) >= 11 is 0. The Bertz CT molecular complexity index is 649. The Labute approximate surface area is 154 Å². The van der Waals surface area contributed by atoms with Crippen molar-refractivity contribution < 1.29 is 8.42 Å². The molecule has 1 aromatic rings. The zero-order valence-corrected chi connectivity index (χ0v) is 16.8. The van der Waals surface area contributed by atoms with E-state index in [0.717, 1.165) is 24.8 Å². The molecule has 4 heteroatoms. The van der Waals surface area contributed by atoms with Crippen LogP contribution in [0.2, 0.25) is 0 Å². The van der Waals surface area contributed by atoms with E-state index in [9.17, 15) is 8.42 Å². The Morgan fingerprint density at radius 3 is 2.44 bits per heavy atom. The molecule has 0 spiro atoms. The highest BCUT2D eigenvalue weighted by Gasteiger charge is 2.39. The molecule has 1 heterocycles. The molecule has 1 aliphatic heterocycles. The molecule has 2 rings (SSSR count). The number of hydrogen-bond donors (Lipinski definition) is 0. The number of hydrogen-bond acceptors (Lipinski definition) is 2. The van der Waals surface area contributed by atoms with Crippen molar-refractivity contribution in [3.05, 3.63) is 42.0 Å². The first kappa shape index (κ1) is 20.2. The van der Waals surface area contributed by atoms with Crippen molar-refractivity contribution in [2.75, 3.05) is 6.54 Å². The molecule has 0 amide bonds. The second-order valence-corrected chi connectivity index (χ2v) is 9.07. The van der Waals surface area contributed by atoms with E-state index in [4.69, 9.17) is 0 Å². The molecule has 1 aliphatic rings. The molecule has 0 bridgehead atoms. The molecular weight excluding hydrogens is 330 g/mol. The minimum Gasteiger partial charge on any atom is -0.207 e. The monoisotopic (exact) mass is 363 g/mol. The maximum Gasteiger partial charge on any atom is 0.243 e. The normalized spacial score (nSPS) is 22.0. The van der Waals surface area contributed by atoms with E-state index in [2.05, 4.69) is 19.1 Å². The first-order chi connectivity index (χ1) is 12.0. The molecule has 0 saturated carbocycles. The average molecular weight is 364 g/mol. The first-order valence-electron chi connectivity index (χ1n) is 9.72. The SMILES string of the molecule is C/C=C/[C@@H]1CCN(S(=O)(=O)c2ccc(C)cc2)[C@H]1CCCCCCC. The van der Waals surface area contributed by atoms with Crippen molar-refractivity contribution in [3.8, 4) is 0 Å². The van der Waals surface area contributed by atoms with Gasteiger partial charge in [-0.3, -0.25) is 0 Å². The lowest BCUT2D eigenvalue weighted by Crippen LogP contribution is -2.37. The van der Waals surface area contributed by atoms with Crippen LogP contribution in [0.5, 0.6) is 0 Å². The van der Waals surface area contributed by atoms with E-state index in [1.807, 2.05) is 26.0 Å². The van der Waals surface area contributed by atoms with Gasteiger partial charge in [0.05, 0.1) is 4.90 Å². The Morgan fingerprint density at radius 1 is 1.12 bits per heavy atom. The van der Waals surface area contributed by atoms with Gasteiger partial charge in [0.15, 0.2) is 0 Å². The first-order valence-corrected chi connectivity index (χ1v) is 11.2. The number of sulfonamides is 1. The lowest BCUT2D eigenvalue weighted by molar-refractivity contribution is 0.333. The van der Waals surface area contributed by atoms with Gasteiger partial charge in [0.2, 0.25) is 10.0 Å². The van der Waals surface area contributed by atoms with Gasteiger partial charge in [0, 0.05) is 12.6 Å². The number of nitrogens with zero attached hydrogens (tertiary/aromatic N) is 1. The molecule has 1 fully saturated rings. The van der Waals surface area contributed by atoms with Crippen molar-refractivity contribution >= 4 is 10.0 Å². The Kier molecular flexibility index (Phi) is 7.70. The minimum absolute atomic E-state index is 0.101. The largest absolute Gasteiger partial charge is 0.243 e. The maximum absolute atomic E-state index is 13.1. The molecule has 0 unspecified atom stereocenters. The lowest BCUT2D eigenvalue weighted by Gasteiger charge is -2.27. The van der Waals surface area contributed by atoms with E-state index in [0.29, 0.717) is 17.4 Å².